The molecule has 6 heteroatoms. The van der Waals surface area contributed by atoms with Crippen LogP contribution in [0.5, 0.6) is 0 Å². The molecule has 1 saturated heterocycles. The molecular weight excluding hydrogens is 212 g/mol. The second-order valence-corrected chi connectivity index (χ2v) is 3.95. The van der Waals surface area contributed by atoms with Gasteiger partial charge in [-0.1, -0.05) is 0 Å². The highest BCUT2D eigenvalue weighted by atomic mass is 16.8. The lowest BCUT2D eigenvalue weighted by atomic mass is 10.4. The molecular formula is C10H18N2O4. The molecule has 16 heavy (non-hydrogen) atoms. The van der Waals surface area contributed by atoms with Crippen LogP contribution in [0.15, 0.2) is 0 Å². The van der Waals surface area contributed by atoms with E-state index in [1.54, 1.807) is 0 Å². The predicted molar refractivity (Wildman–Crippen MR) is 56.6 cm³/mol. The van der Waals surface area contributed by atoms with Crippen molar-refractivity contribution in [3.8, 4) is 0 Å². The molecule has 1 aliphatic heterocycles. The van der Waals surface area contributed by atoms with Crippen LogP contribution in [-0.4, -0.2) is 55.8 Å². The Morgan fingerprint density at radius 3 is 2.81 bits per heavy atom. The fourth-order valence-electron chi connectivity index (χ4n) is 1.37. The summed E-state index contributed by atoms with van der Waals surface area (Å²) in [5.41, 5.74) is 0. The highest BCUT2D eigenvalue weighted by Gasteiger charge is 2.24. The molecule has 1 fully saturated rings. The number of ether oxygens (including phenoxy) is 1. The first-order valence-electron chi connectivity index (χ1n) is 5.39. The molecule has 0 atom stereocenters. The summed E-state index contributed by atoms with van der Waals surface area (Å²) in [6, 6.07) is 0. The van der Waals surface area contributed by atoms with Gasteiger partial charge in [-0.05, 0) is 26.9 Å². The fourth-order valence-corrected chi connectivity index (χ4v) is 1.37. The lowest BCUT2D eigenvalue weighted by molar-refractivity contribution is -0.164. The molecule has 1 amide bonds. The summed E-state index contributed by atoms with van der Waals surface area (Å²) in [6.45, 7) is 1.61. The Morgan fingerprint density at radius 1 is 1.50 bits per heavy atom. The highest BCUT2D eigenvalue weighted by molar-refractivity contribution is 5.78. The normalized spacial score (nSPS) is 15.7. The minimum Gasteiger partial charge on any atom is -0.433 e. The minimum atomic E-state index is -0.797. The van der Waals surface area contributed by atoms with Crippen molar-refractivity contribution in [2.45, 2.75) is 19.3 Å². The van der Waals surface area contributed by atoms with Crippen LogP contribution in [0.3, 0.4) is 0 Å². The zero-order valence-electron chi connectivity index (χ0n) is 9.77. The Kier molecular flexibility index (Phi) is 5.04. The Morgan fingerprint density at radius 2 is 2.25 bits per heavy atom. The molecule has 1 heterocycles. The second-order valence-electron chi connectivity index (χ2n) is 3.95. The van der Waals surface area contributed by atoms with Crippen molar-refractivity contribution in [1.82, 2.24) is 9.96 Å². The molecule has 0 unspecified atom stereocenters. The maximum Gasteiger partial charge on any atom is 0.533 e. The second kappa shape index (κ2) is 6.32. The largest absolute Gasteiger partial charge is 0.533 e. The highest BCUT2D eigenvalue weighted by Crippen LogP contribution is 2.10. The number of rotatable bonds is 5. The number of nitrogens with zero attached hydrogens (tertiary/aromatic N) is 2. The number of hydroxylamine groups is 2. The number of carbonyl (C=O) groups excluding carboxylic acids is 2. The standard InChI is InChI=1S/C10H18N2O4/c1-11(2)6-4-8-15-10(14)16-12-7-3-5-9(12)13/h3-8H2,1-2H3. The minimum absolute atomic E-state index is 0.162. The molecule has 0 aromatic rings. The lowest BCUT2D eigenvalue weighted by Gasteiger charge is -2.14. The van der Waals surface area contributed by atoms with Crippen molar-refractivity contribution in [2.75, 3.05) is 33.8 Å². The molecule has 0 N–H and O–H groups in total. The van der Waals surface area contributed by atoms with Crippen LogP contribution < -0.4 is 0 Å². The van der Waals surface area contributed by atoms with Gasteiger partial charge in [0.15, 0.2) is 0 Å². The third-order valence-electron chi connectivity index (χ3n) is 2.18. The lowest BCUT2D eigenvalue weighted by Crippen LogP contribution is -2.29. The van der Waals surface area contributed by atoms with Crippen LogP contribution in [0.4, 0.5) is 4.79 Å². The zero-order chi connectivity index (χ0) is 12.0. The quantitative estimate of drug-likeness (QED) is 0.512. The maximum absolute atomic E-state index is 11.1. The predicted octanol–water partition coefficient (Wildman–Crippen LogP) is 0.629. The van der Waals surface area contributed by atoms with Crippen LogP contribution in [0.2, 0.25) is 0 Å². The molecule has 6 nitrogen and oxygen atoms in total. The van der Waals surface area contributed by atoms with Gasteiger partial charge in [0, 0.05) is 13.0 Å². The van der Waals surface area contributed by atoms with E-state index in [2.05, 4.69) is 0 Å². The van der Waals surface area contributed by atoms with Crippen LogP contribution in [0.25, 0.3) is 0 Å². The van der Waals surface area contributed by atoms with Crippen LogP contribution in [0, 0.1) is 0 Å². The zero-order valence-corrected chi connectivity index (χ0v) is 9.77. The van der Waals surface area contributed by atoms with Crippen molar-refractivity contribution in [3.05, 3.63) is 0 Å². The molecule has 0 aromatic carbocycles. The summed E-state index contributed by atoms with van der Waals surface area (Å²) in [5.74, 6) is -0.162. The van der Waals surface area contributed by atoms with E-state index in [0.29, 0.717) is 19.6 Å². The van der Waals surface area contributed by atoms with Gasteiger partial charge in [0.05, 0.1) is 13.2 Å². The third kappa shape index (κ3) is 4.48. The average molecular weight is 230 g/mol. The van der Waals surface area contributed by atoms with Gasteiger partial charge in [0.2, 0.25) is 0 Å². The van der Waals surface area contributed by atoms with Gasteiger partial charge in [-0.3, -0.25) is 4.79 Å². The topological polar surface area (TPSA) is 59.1 Å². The van der Waals surface area contributed by atoms with Gasteiger partial charge >= 0.3 is 6.16 Å². The van der Waals surface area contributed by atoms with Gasteiger partial charge in [-0.25, -0.2) is 4.79 Å². The summed E-state index contributed by atoms with van der Waals surface area (Å²) in [7, 11) is 3.89. The summed E-state index contributed by atoms with van der Waals surface area (Å²) in [4.78, 5) is 29.0. The average Bonchev–Trinajstić information content (AvgIpc) is 2.59. The van der Waals surface area contributed by atoms with E-state index in [9.17, 15) is 9.59 Å². The van der Waals surface area contributed by atoms with Crippen LogP contribution in [-0.2, 0) is 14.4 Å². The smallest absolute Gasteiger partial charge is 0.433 e. The Balaban J connectivity index is 2.09. The summed E-state index contributed by atoms with van der Waals surface area (Å²) >= 11 is 0. The molecule has 1 rings (SSSR count). The number of hydrogen-bond acceptors (Lipinski definition) is 5. The maximum atomic E-state index is 11.1. The molecule has 0 aliphatic carbocycles. The van der Waals surface area contributed by atoms with Crippen LogP contribution in [0.1, 0.15) is 19.3 Å². The molecule has 0 saturated carbocycles. The fraction of sp³-hybridized carbons (Fsp3) is 0.800. The first-order valence-corrected chi connectivity index (χ1v) is 5.39. The Hall–Kier alpha value is -1.30. The van der Waals surface area contributed by atoms with E-state index in [4.69, 9.17) is 9.57 Å². The third-order valence-corrected chi connectivity index (χ3v) is 2.18. The van der Waals surface area contributed by atoms with E-state index < -0.39 is 6.16 Å². The Bertz CT molecular complexity index is 255. The Labute approximate surface area is 95.0 Å². The number of amides is 1. The van der Waals surface area contributed by atoms with E-state index in [-0.39, 0.29) is 5.91 Å². The molecule has 92 valence electrons. The number of carbonyl (C=O) groups is 2. The van der Waals surface area contributed by atoms with E-state index in [1.807, 2.05) is 19.0 Å². The molecule has 0 radical (unpaired) electrons. The van der Waals surface area contributed by atoms with Gasteiger partial charge < -0.3 is 14.5 Å². The van der Waals surface area contributed by atoms with Gasteiger partial charge in [-0.2, -0.15) is 5.06 Å². The van der Waals surface area contributed by atoms with Crippen molar-refractivity contribution >= 4 is 12.1 Å². The van der Waals surface area contributed by atoms with Gasteiger partial charge in [0.1, 0.15) is 0 Å². The van der Waals surface area contributed by atoms with Gasteiger partial charge in [0.25, 0.3) is 5.91 Å². The van der Waals surface area contributed by atoms with Crippen molar-refractivity contribution in [3.63, 3.8) is 0 Å². The van der Waals surface area contributed by atoms with Crippen molar-refractivity contribution in [2.24, 2.45) is 0 Å². The summed E-state index contributed by atoms with van der Waals surface area (Å²) in [6.07, 6.45) is 1.12. The summed E-state index contributed by atoms with van der Waals surface area (Å²) < 4.78 is 4.82. The SMILES string of the molecule is CN(C)CCCOC(=O)ON1CCCC1=O. The first kappa shape index (κ1) is 12.8. The molecule has 0 bridgehead atoms. The van der Waals surface area contributed by atoms with E-state index >= 15 is 0 Å². The van der Waals surface area contributed by atoms with E-state index in [1.165, 1.54) is 0 Å². The van der Waals surface area contributed by atoms with Crippen LogP contribution >= 0.6 is 0 Å². The van der Waals surface area contributed by atoms with Gasteiger partial charge in [-0.15, -0.1) is 0 Å². The van der Waals surface area contributed by atoms with E-state index in [0.717, 1.165) is 24.4 Å². The molecule has 1 aliphatic rings. The molecule has 0 aromatic heterocycles. The molecule has 0 spiro atoms. The van der Waals surface area contributed by atoms with Crippen molar-refractivity contribution < 1.29 is 19.2 Å². The van der Waals surface area contributed by atoms with Crippen molar-refractivity contribution in [1.29, 1.82) is 0 Å². The monoisotopic (exact) mass is 230 g/mol. The first-order chi connectivity index (χ1) is 7.59. The number of hydrogen-bond donors (Lipinski definition) is 0. The summed E-state index contributed by atoms with van der Waals surface area (Å²) in [5, 5.41) is 1.06.